The molecule has 3 rings (SSSR count). The van der Waals surface area contributed by atoms with Crippen molar-refractivity contribution in [3.63, 3.8) is 0 Å². The lowest BCUT2D eigenvalue weighted by Crippen LogP contribution is -2.23. The number of carbonyl (C=O) groups is 2. The maximum atomic E-state index is 12.5. The van der Waals surface area contributed by atoms with Gasteiger partial charge in [-0.1, -0.05) is 17.8 Å². The highest BCUT2D eigenvalue weighted by Gasteiger charge is 2.17. The first-order chi connectivity index (χ1) is 13.8. The van der Waals surface area contributed by atoms with Crippen molar-refractivity contribution in [2.45, 2.75) is 32.3 Å². The molecular weight excluding hydrogens is 472 g/mol. The number of benzene rings is 1. The molecular formula is C20H21BrN4O2S2. The number of Topliss-reactive ketones (excluding diaryl/α,β-unsaturated/α-hetero) is 1. The van der Waals surface area contributed by atoms with Crippen LogP contribution in [0.15, 0.2) is 39.3 Å². The summed E-state index contributed by atoms with van der Waals surface area (Å²) in [4.78, 5) is 24.4. The van der Waals surface area contributed by atoms with E-state index in [2.05, 4.69) is 57.4 Å². The van der Waals surface area contributed by atoms with Crippen LogP contribution in [0.4, 0.5) is 0 Å². The number of aryl methyl sites for hydroxylation is 2. The van der Waals surface area contributed by atoms with Gasteiger partial charge in [-0.25, -0.2) is 0 Å². The highest BCUT2D eigenvalue weighted by molar-refractivity contribution is 9.11. The standard InChI is InChI=1S/C20H21BrN4O2S2/c1-12-4-5-15(10-13(12)2)25-19(8-9-22-14(3)26)23-24-20(25)28-11-16(27)17-6-7-18(21)29-17/h4-7,10H,8-9,11H2,1-3H3,(H,22,26). The van der Waals surface area contributed by atoms with Crippen molar-refractivity contribution in [3.8, 4) is 5.69 Å². The van der Waals surface area contributed by atoms with Gasteiger partial charge in [-0.3, -0.25) is 14.2 Å². The van der Waals surface area contributed by atoms with Crippen LogP contribution >= 0.6 is 39.0 Å². The third-order valence-corrected chi connectivity index (χ3v) is 6.95. The average molecular weight is 493 g/mol. The minimum Gasteiger partial charge on any atom is -0.356 e. The molecule has 3 aromatic rings. The Bertz CT molecular complexity index is 1050. The molecule has 1 N–H and O–H groups in total. The van der Waals surface area contributed by atoms with Crippen LogP contribution in [-0.4, -0.2) is 38.8 Å². The Hall–Kier alpha value is -1.97. The zero-order valence-corrected chi connectivity index (χ0v) is 19.6. The molecule has 29 heavy (non-hydrogen) atoms. The Morgan fingerprint density at radius 1 is 1.17 bits per heavy atom. The van der Waals surface area contributed by atoms with Gasteiger partial charge in [0, 0.05) is 25.6 Å². The lowest BCUT2D eigenvalue weighted by molar-refractivity contribution is -0.118. The Labute approximate surface area is 186 Å². The number of nitrogens with one attached hydrogen (secondary N) is 1. The molecule has 0 spiro atoms. The summed E-state index contributed by atoms with van der Waals surface area (Å²) < 4.78 is 2.90. The number of amides is 1. The van der Waals surface area contributed by atoms with Gasteiger partial charge in [0.2, 0.25) is 5.91 Å². The fourth-order valence-corrected chi connectivity index (χ4v) is 4.96. The smallest absolute Gasteiger partial charge is 0.216 e. The molecule has 2 heterocycles. The third-order valence-electron chi connectivity index (χ3n) is 4.35. The largest absolute Gasteiger partial charge is 0.356 e. The van der Waals surface area contributed by atoms with E-state index in [0.717, 1.165) is 15.3 Å². The molecule has 6 nitrogen and oxygen atoms in total. The summed E-state index contributed by atoms with van der Waals surface area (Å²) in [5.41, 5.74) is 3.32. The van der Waals surface area contributed by atoms with Crippen LogP contribution in [0, 0.1) is 13.8 Å². The van der Waals surface area contributed by atoms with Gasteiger partial charge in [0.15, 0.2) is 10.9 Å². The first-order valence-electron chi connectivity index (χ1n) is 9.03. The Balaban J connectivity index is 1.85. The number of halogens is 1. The van der Waals surface area contributed by atoms with Crippen molar-refractivity contribution >= 4 is 50.7 Å². The number of thiophene rings is 1. The monoisotopic (exact) mass is 492 g/mol. The van der Waals surface area contributed by atoms with Crippen molar-refractivity contribution in [2.75, 3.05) is 12.3 Å². The van der Waals surface area contributed by atoms with Crippen LogP contribution in [0.25, 0.3) is 5.69 Å². The van der Waals surface area contributed by atoms with Crippen molar-refractivity contribution < 1.29 is 9.59 Å². The molecule has 0 atom stereocenters. The lowest BCUT2D eigenvalue weighted by Gasteiger charge is -2.12. The second kappa shape index (κ2) is 9.69. The molecule has 1 amide bonds. The predicted octanol–water partition coefficient (Wildman–Crippen LogP) is 4.36. The van der Waals surface area contributed by atoms with Crippen molar-refractivity contribution in [2.24, 2.45) is 0 Å². The van der Waals surface area contributed by atoms with Gasteiger partial charge in [0.05, 0.1) is 14.4 Å². The first kappa shape index (κ1) is 21.7. The molecule has 0 aliphatic heterocycles. The van der Waals surface area contributed by atoms with Crippen LogP contribution in [0.1, 0.15) is 33.5 Å². The average Bonchev–Trinajstić information content (AvgIpc) is 3.28. The summed E-state index contributed by atoms with van der Waals surface area (Å²) in [5, 5.41) is 12.1. The van der Waals surface area contributed by atoms with Crippen LogP contribution in [0.3, 0.4) is 0 Å². The molecule has 2 aromatic heterocycles. The molecule has 0 aliphatic rings. The quantitative estimate of drug-likeness (QED) is 0.373. The molecule has 0 saturated carbocycles. The first-order valence-corrected chi connectivity index (χ1v) is 11.6. The number of rotatable bonds is 8. The van der Waals surface area contributed by atoms with Crippen molar-refractivity contribution in [1.82, 2.24) is 20.1 Å². The summed E-state index contributed by atoms with van der Waals surface area (Å²) in [6.45, 7) is 6.09. The SMILES string of the molecule is CC(=O)NCCc1nnc(SCC(=O)c2ccc(Br)s2)n1-c1ccc(C)c(C)c1. The molecule has 0 bridgehead atoms. The molecule has 0 aliphatic carbocycles. The third kappa shape index (κ3) is 5.55. The number of carbonyl (C=O) groups excluding carboxylic acids is 2. The second-order valence-corrected chi connectivity index (χ2v) is 9.96. The summed E-state index contributed by atoms with van der Waals surface area (Å²) in [7, 11) is 0. The van der Waals surface area contributed by atoms with Crippen molar-refractivity contribution in [3.05, 3.63) is 55.9 Å². The van der Waals surface area contributed by atoms with E-state index in [-0.39, 0.29) is 17.4 Å². The Morgan fingerprint density at radius 2 is 1.97 bits per heavy atom. The van der Waals surface area contributed by atoms with Crippen molar-refractivity contribution in [1.29, 1.82) is 0 Å². The van der Waals surface area contributed by atoms with E-state index in [0.29, 0.717) is 23.0 Å². The van der Waals surface area contributed by atoms with Gasteiger partial charge >= 0.3 is 0 Å². The van der Waals surface area contributed by atoms with Gasteiger partial charge in [-0.05, 0) is 65.2 Å². The fraction of sp³-hybridized carbons (Fsp3) is 0.300. The molecule has 0 unspecified atom stereocenters. The number of hydrogen-bond acceptors (Lipinski definition) is 6. The number of aromatic nitrogens is 3. The van der Waals surface area contributed by atoms with Crippen LogP contribution in [0.5, 0.6) is 0 Å². The van der Waals surface area contributed by atoms with Gasteiger partial charge in [0.1, 0.15) is 5.82 Å². The topological polar surface area (TPSA) is 76.9 Å². The van der Waals surface area contributed by atoms with Gasteiger partial charge in [-0.15, -0.1) is 21.5 Å². The van der Waals surface area contributed by atoms with E-state index in [1.165, 1.54) is 41.1 Å². The Morgan fingerprint density at radius 3 is 2.62 bits per heavy atom. The molecule has 0 saturated heterocycles. The molecule has 0 fully saturated rings. The zero-order chi connectivity index (χ0) is 21.0. The zero-order valence-electron chi connectivity index (χ0n) is 16.4. The summed E-state index contributed by atoms with van der Waals surface area (Å²) >= 11 is 6.19. The van der Waals surface area contributed by atoms with E-state index < -0.39 is 0 Å². The fourth-order valence-electron chi connectivity index (χ4n) is 2.70. The maximum Gasteiger partial charge on any atom is 0.216 e. The van der Waals surface area contributed by atoms with Gasteiger partial charge in [-0.2, -0.15) is 0 Å². The van der Waals surface area contributed by atoms with Gasteiger partial charge in [0.25, 0.3) is 0 Å². The van der Waals surface area contributed by atoms with Crippen LogP contribution in [0.2, 0.25) is 0 Å². The minimum atomic E-state index is -0.0791. The van der Waals surface area contributed by atoms with Gasteiger partial charge < -0.3 is 5.32 Å². The molecule has 152 valence electrons. The van der Waals surface area contributed by atoms with E-state index in [1.807, 2.05) is 22.8 Å². The second-order valence-electron chi connectivity index (χ2n) is 6.55. The maximum absolute atomic E-state index is 12.5. The summed E-state index contributed by atoms with van der Waals surface area (Å²) in [5.74, 6) is 1.00. The van der Waals surface area contributed by atoms with E-state index >= 15 is 0 Å². The highest BCUT2D eigenvalue weighted by Crippen LogP contribution is 2.27. The van der Waals surface area contributed by atoms with Crippen LogP contribution in [-0.2, 0) is 11.2 Å². The summed E-state index contributed by atoms with van der Waals surface area (Å²) in [6, 6.07) is 9.87. The molecule has 9 heteroatoms. The van der Waals surface area contributed by atoms with E-state index in [9.17, 15) is 9.59 Å². The molecule has 0 radical (unpaired) electrons. The number of ketones is 1. The Kier molecular flexibility index (Phi) is 7.26. The number of nitrogens with zero attached hydrogens (tertiary/aromatic N) is 3. The predicted molar refractivity (Wildman–Crippen MR) is 120 cm³/mol. The summed E-state index contributed by atoms with van der Waals surface area (Å²) in [6.07, 6.45) is 0.548. The highest BCUT2D eigenvalue weighted by atomic mass is 79.9. The molecule has 1 aromatic carbocycles. The minimum absolute atomic E-state index is 0.0557. The normalized spacial score (nSPS) is 10.9. The van der Waals surface area contributed by atoms with Crippen LogP contribution < -0.4 is 5.32 Å². The lowest BCUT2D eigenvalue weighted by atomic mass is 10.1. The number of hydrogen-bond donors (Lipinski definition) is 1. The van der Waals surface area contributed by atoms with E-state index in [1.54, 1.807) is 0 Å². The number of thioether (sulfide) groups is 1. The van der Waals surface area contributed by atoms with E-state index in [4.69, 9.17) is 0 Å².